The summed E-state index contributed by atoms with van der Waals surface area (Å²) in [5.41, 5.74) is 2.18. The molecule has 0 bridgehead atoms. The second-order valence-electron chi connectivity index (χ2n) is 5.67. The lowest BCUT2D eigenvalue weighted by Crippen LogP contribution is -2.42. The molecule has 0 fully saturated rings. The van der Waals surface area contributed by atoms with E-state index in [2.05, 4.69) is 5.32 Å². The number of ether oxygens (including phenoxy) is 1. The molecule has 2 aromatic carbocycles. The number of carboxylic acids is 1. The summed E-state index contributed by atoms with van der Waals surface area (Å²) in [5.74, 6) is -1.75. The van der Waals surface area contributed by atoms with Gasteiger partial charge in [0.25, 0.3) is 5.91 Å². The van der Waals surface area contributed by atoms with Gasteiger partial charge in [-0.2, -0.15) is 0 Å². The third kappa shape index (κ3) is 5.46. The van der Waals surface area contributed by atoms with Gasteiger partial charge in [-0.15, -0.1) is 0 Å². The van der Waals surface area contributed by atoms with Gasteiger partial charge in [0, 0.05) is 18.9 Å². The number of amides is 1. The molecule has 0 saturated heterocycles. The van der Waals surface area contributed by atoms with Crippen LogP contribution in [-0.2, 0) is 16.0 Å². The van der Waals surface area contributed by atoms with Crippen LogP contribution in [0, 0.1) is 6.92 Å². The Balaban J connectivity index is 2.05. The van der Waals surface area contributed by atoms with Crippen molar-refractivity contribution in [2.24, 2.45) is 0 Å². The van der Waals surface area contributed by atoms with Crippen molar-refractivity contribution in [1.29, 1.82) is 0 Å². The molecule has 0 radical (unpaired) electrons. The minimum atomic E-state index is -1.11. The molecule has 2 rings (SSSR count). The lowest BCUT2D eigenvalue weighted by atomic mass is 10.0. The van der Waals surface area contributed by atoms with Gasteiger partial charge in [-0.3, -0.25) is 9.59 Å². The Labute approximate surface area is 145 Å². The minimum Gasteiger partial charge on any atom is -0.480 e. The van der Waals surface area contributed by atoms with Gasteiger partial charge in [0.1, 0.15) is 11.8 Å². The van der Waals surface area contributed by atoms with Gasteiger partial charge in [0.05, 0.1) is 0 Å². The van der Waals surface area contributed by atoms with Crippen molar-refractivity contribution in [1.82, 2.24) is 5.32 Å². The van der Waals surface area contributed by atoms with E-state index in [0.717, 1.165) is 11.1 Å². The smallest absolute Gasteiger partial charge is 0.326 e. The number of carbonyl (C=O) groups is 3. The highest BCUT2D eigenvalue weighted by atomic mass is 16.5. The van der Waals surface area contributed by atoms with Gasteiger partial charge in [0.15, 0.2) is 0 Å². The van der Waals surface area contributed by atoms with Crippen molar-refractivity contribution < 1.29 is 24.2 Å². The number of aliphatic carboxylic acids is 1. The third-order valence-corrected chi connectivity index (χ3v) is 3.54. The van der Waals surface area contributed by atoms with Crippen LogP contribution in [0.1, 0.15) is 28.4 Å². The number of hydrogen-bond acceptors (Lipinski definition) is 4. The van der Waals surface area contributed by atoms with E-state index in [4.69, 9.17) is 4.74 Å². The predicted octanol–water partition coefficient (Wildman–Crippen LogP) is 2.35. The molecule has 1 amide bonds. The molecule has 1 atom stereocenters. The van der Waals surface area contributed by atoms with Crippen LogP contribution in [0.3, 0.4) is 0 Å². The van der Waals surface area contributed by atoms with Crippen LogP contribution < -0.4 is 10.1 Å². The Kier molecular flexibility index (Phi) is 5.89. The summed E-state index contributed by atoms with van der Waals surface area (Å²) in [6.07, 6.45) is 0.187. The molecule has 0 unspecified atom stereocenters. The predicted molar refractivity (Wildman–Crippen MR) is 91.5 cm³/mol. The summed E-state index contributed by atoms with van der Waals surface area (Å²) >= 11 is 0. The van der Waals surface area contributed by atoms with E-state index in [1.165, 1.54) is 31.2 Å². The summed E-state index contributed by atoms with van der Waals surface area (Å²) < 4.78 is 4.89. The molecule has 6 nitrogen and oxygen atoms in total. The molecule has 6 heteroatoms. The van der Waals surface area contributed by atoms with Crippen LogP contribution in [0.25, 0.3) is 0 Å². The van der Waals surface area contributed by atoms with Crippen molar-refractivity contribution in [3.05, 3.63) is 65.2 Å². The molecule has 0 aromatic heterocycles. The first-order chi connectivity index (χ1) is 11.8. The first kappa shape index (κ1) is 18.2. The van der Waals surface area contributed by atoms with Crippen molar-refractivity contribution in [3.8, 4) is 5.75 Å². The van der Waals surface area contributed by atoms with Crippen LogP contribution in [0.4, 0.5) is 0 Å². The number of esters is 1. The zero-order valence-electron chi connectivity index (χ0n) is 14.0. The van der Waals surface area contributed by atoms with Crippen LogP contribution in [0.5, 0.6) is 5.75 Å². The number of carboxylic acid groups (broad SMARTS) is 1. The average Bonchev–Trinajstić information content (AvgIpc) is 2.56. The maximum absolute atomic E-state index is 12.3. The summed E-state index contributed by atoms with van der Waals surface area (Å²) in [4.78, 5) is 34.6. The molecule has 0 aliphatic carbocycles. The zero-order valence-corrected chi connectivity index (χ0v) is 14.0. The molecular weight excluding hydrogens is 322 g/mol. The molecule has 0 heterocycles. The fourth-order valence-corrected chi connectivity index (χ4v) is 2.24. The van der Waals surface area contributed by atoms with E-state index in [0.29, 0.717) is 5.75 Å². The fourth-order valence-electron chi connectivity index (χ4n) is 2.24. The Morgan fingerprint density at radius 3 is 2.16 bits per heavy atom. The zero-order chi connectivity index (χ0) is 18.4. The molecule has 130 valence electrons. The maximum Gasteiger partial charge on any atom is 0.326 e. The van der Waals surface area contributed by atoms with Crippen LogP contribution in [-0.4, -0.2) is 29.0 Å². The van der Waals surface area contributed by atoms with Gasteiger partial charge in [-0.1, -0.05) is 29.8 Å². The minimum absolute atomic E-state index is 0.187. The molecule has 25 heavy (non-hydrogen) atoms. The highest BCUT2D eigenvalue weighted by Gasteiger charge is 2.21. The monoisotopic (exact) mass is 341 g/mol. The molecule has 0 saturated carbocycles. The number of carbonyl (C=O) groups excluding carboxylic acids is 2. The van der Waals surface area contributed by atoms with Crippen LogP contribution in [0.15, 0.2) is 48.5 Å². The number of hydrogen-bond donors (Lipinski definition) is 2. The first-order valence-electron chi connectivity index (χ1n) is 7.73. The number of benzene rings is 2. The Morgan fingerprint density at radius 2 is 1.64 bits per heavy atom. The van der Waals surface area contributed by atoms with Crippen molar-refractivity contribution in [2.75, 3.05) is 0 Å². The molecular formula is C19H19NO5. The largest absolute Gasteiger partial charge is 0.480 e. The van der Waals surface area contributed by atoms with Gasteiger partial charge in [-0.05, 0) is 36.8 Å². The third-order valence-electron chi connectivity index (χ3n) is 3.54. The van der Waals surface area contributed by atoms with Crippen LogP contribution in [0.2, 0.25) is 0 Å². The fraction of sp³-hybridized carbons (Fsp3) is 0.211. The molecule has 2 N–H and O–H groups in total. The summed E-state index contributed by atoms with van der Waals surface area (Å²) in [7, 11) is 0. The van der Waals surface area contributed by atoms with E-state index in [-0.39, 0.29) is 12.0 Å². The average molecular weight is 341 g/mol. The highest BCUT2D eigenvalue weighted by Crippen LogP contribution is 2.13. The van der Waals surface area contributed by atoms with Gasteiger partial charge in [-0.25, -0.2) is 4.79 Å². The summed E-state index contributed by atoms with van der Waals surface area (Å²) in [6.45, 7) is 3.23. The van der Waals surface area contributed by atoms with Gasteiger partial charge in [0.2, 0.25) is 0 Å². The Hall–Kier alpha value is -3.15. The Morgan fingerprint density at radius 1 is 1.04 bits per heavy atom. The van der Waals surface area contributed by atoms with Crippen LogP contribution >= 0.6 is 0 Å². The quantitative estimate of drug-likeness (QED) is 0.621. The number of nitrogens with one attached hydrogen (secondary N) is 1. The number of aryl methyl sites for hydroxylation is 1. The van der Waals surface area contributed by atoms with E-state index >= 15 is 0 Å². The molecule has 0 aliphatic rings. The van der Waals surface area contributed by atoms with Crippen molar-refractivity contribution in [3.63, 3.8) is 0 Å². The Bertz CT molecular complexity index is 765. The van der Waals surface area contributed by atoms with Crippen molar-refractivity contribution >= 4 is 17.8 Å². The lowest BCUT2D eigenvalue weighted by Gasteiger charge is -2.15. The second kappa shape index (κ2) is 8.10. The van der Waals surface area contributed by atoms with E-state index in [9.17, 15) is 19.5 Å². The van der Waals surface area contributed by atoms with Crippen molar-refractivity contribution in [2.45, 2.75) is 26.3 Å². The second-order valence-corrected chi connectivity index (χ2v) is 5.67. The van der Waals surface area contributed by atoms with Gasteiger partial charge >= 0.3 is 11.9 Å². The normalized spacial score (nSPS) is 11.4. The maximum atomic E-state index is 12.3. The first-order valence-corrected chi connectivity index (χ1v) is 7.73. The van der Waals surface area contributed by atoms with E-state index < -0.39 is 23.9 Å². The topological polar surface area (TPSA) is 92.7 Å². The molecule has 0 aliphatic heterocycles. The SMILES string of the molecule is CC(=O)Oc1ccc(C(=O)N[C@H](Cc2ccc(C)cc2)C(=O)O)cc1. The summed E-state index contributed by atoms with van der Waals surface area (Å²) in [6, 6.07) is 12.3. The van der Waals surface area contributed by atoms with E-state index in [1.54, 1.807) is 0 Å². The standard InChI is InChI=1S/C19H19NO5/c1-12-3-5-14(6-4-12)11-17(19(23)24)20-18(22)15-7-9-16(10-8-15)25-13(2)21/h3-10,17H,11H2,1-2H3,(H,20,22)(H,23,24)/t17-/m1/s1. The van der Waals surface area contributed by atoms with Gasteiger partial charge < -0.3 is 15.2 Å². The highest BCUT2D eigenvalue weighted by molar-refractivity contribution is 5.96. The number of rotatable bonds is 6. The van der Waals surface area contributed by atoms with E-state index in [1.807, 2.05) is 31.2 Å². The summed E-state index contributed by atoms with van der Waals surface area (Å²) in [5, 5.41) is 11.9. The molecule has 0 spiro atoms. The molecule has 2 aromatic rings. The lowest BCUT2D eigenvalue weighted by molar-refractivity contribution is -0.139.